The maximum atomic E-state index is 15.1. The molecule has 176 valence electrons. The largest absolute Gasteiger partial charge is 0.481 e. The van der Waals surface area contributed by atoms with Crippen LogP contribution in [0, 0.1) is 17.6 Å². The molecule has 1 N–H and O–H groups in total. The number of likely N-dealkylation sites (tertiary alicyclic amines) is 1. The van der Waals surface area contributed by atoms with Crippen molar-refractivity contribution >= 4 is 27.7 Å². The molecule has 0 spiro atoms. The number of carboxylic acids is 1. The minimum absolute atomic E-state index is 0.0747. The van der Waals surface area contributed by atoms with Gasteiger partial charge in [-0.2, -0.15) is 0 Å². The van der Waals surface area contributed by atoms with E-state index in [1.807, 2.05) is 48.2 Å². The van der Waals surface area contributed by atoms with Crippen LogP contribution >= 0.6 is 11.3 Å². The standard InChI is InChI=1S/C27H21F2N3O2S/c1-15(32-13-17(14-32)26(33)34)16-6-7-18(21(29)12-16)24-30-22-8-9-23(31-25(22)35-24)27(10-11-27)19-4-2-3-5-20(19)28/h2-12,15,17H,13-14H2,1H3,(H,33,34). The first kappa shape index (κ1) is 22.0. The highest BCUT2D eigenvalue weighted by Crippen LogP contribution is 2.46. The van der Waals surface area contributed by atoms with Crippen molar-refractivity contribution in [2.45, 2.75) is 18.4 Å². The van der Waals surface area contributed by atoms with Crippen LogP contribution in [0.1, 0.15) is 29.8 Å². The van der Waals surface area contributed by atoms with Gasteiger partial charge in [-0.1, -0.05) is 47.8 Å². The van der Waals surface area contributed by atoms with Crippen molar-refractivity contribution in [3.05, 3.63) is 95.2 Å². The fourth-order valence-electron chi connectivity index (χ4n) is 4.69. The normalized spacial score (nSPS) is 17.9. The highest BCUT2D eigenvalue weighted by molar-refractivity contribution is 7.21. The molecule has 5 nitrogen and oxygen atoms in total. The molecule has 6 rings (SSSR count). The SMILES string of the molecule is CC(c1ccc(-c2nc3ccc(C4(c5ccccc5F)C=C4)nc3s2)c(F)c1)N1CC(C(=O)O)C1. The third-order valence-corrected chi connectivity index (χ3v) is 8.01. The molecule has 0 radical (unpaired) electrons. The second-order valence-corrected chi connectivity index (χ2v) is 10.1. The second-order valence-electron chi connectivity index (χ2n) is 9.13. The van der Waals surface area contributed by atoms with E-state index in [-0.39, 0.29) is 23.6 Å². The lowest BCUT2D eigenvalue weighted by atomic mass is 9.89. The summed E-state index contributed by atoms with van der Waals surface area (Å²) in [4.78, 5) is 23.1. The van der Waals surface area contributed by atoms with Crippen LogP contribution < -0.4 is 0 Å². The molecule has 2 aromatic heterocycles. The summed E-state index contributed by atoms with van der Waals surface area (Å²) in [6.07, 6.45) is 3.86. The van der Waals surface area contributed by atoms with Crippen LogP contribution in [0.4, 0.5) is 8.78 Å². The number of aromatic nitrogens is 2. The van der Waals surface area contributed by atoms with Crippen LogP contribution in [0.2, 0.25) is 0 Å². The number of fused-ring (bicyclic) bond motifs is 1. The molecule has 1 fully saturated rings. The molecule has 1 aliphatic heterocycles. The van der Waals surface area contributed by atoms with E-state index in [1.165, 1.54) is 23.5 Å². The first-order valence-corrected chi connectivity index (χ1v) is 12.2. The number of nitrogens with zero attached hydrogens (tertiary/aromatic N) is 3. The van der Waals surface area contributed by atoms with Gasteiger partial charge in [0.25, 0.3) is 0 Å². The Morgan fingerprint density at radius 3 is 2.54 bits per heavy atom. The Kier molecular flexibility index (Phi) is 5.05. The van der Waals surface area contributed by atoms with E-state index < -0.39 is 11.4 Å². The minimum atomic E-state index is -0.792. The van der Waals surface area contributed by atoms with Gasteiger partial charge in [0.2, 0.25) is 0 Å². The van der Waals surface area contributed by atoms with Gasteiger partial charge >= 0.3 is 5.97 Å². The van der Waals surface area contributed by atoms with E-state index in [9.17, 15) is 9.18 Å². The van der Waals surface area contributed by atoms with Gasteiger partial charge < -0.3 is 5.11 Å². The molecule has 4 aromatic rings. The zero-order chi connectivity index (χ0) is 24.3. The minimum Gasteiger partial charge on any atom is -0.481 e. The molecule has 2 aliphatic rings. The maximum Gasteiger partial charge on any atom is 0.309 e. The Morgan fingerprint density at radius 1 is 1.09 bits per heavy atom. The summed E-state index contributed by atoms with van der Waals surface area (Å²) in [7, 11) is 0. The number of thiazole rings is 1. The summed E-state index contributed by atoms with van der Waals surface area (Å²) in [6.45, 7) is 2.89. The quantitative estimate of drug-likeness (QED) is 0.359. The van der Waals surface area contributed by atoms with Crippen LogP contribution in [0.25, 0.3) is 20.9 Å². The smallest absolute Gasteiger partial charge is 0.309 e. The Hall–Kier alpha value is -3.49. The number of aliphatic carboxylic acids is 1. The van der Waals surface area contributed by atoms with E-state index in [2.05, 4.69) is 4.98 Å². The number of halogens is 2. The molecule has 3 heterocycles. The van der Waals surface area contributed by atoms with Crippen molar-refractivity contribution in [3.63, 3.8) is 0 Å². The van der Waals surface area contributed by atoms with Gasteiger partial charge in [0.1, 0.15) is 27.0 Å². The van der Waals surface area contributed by atoms with Crippen molar-refractivity contribution in [2.24, 2.45) is 5.92 Å². The molecular formula is C27H21F2N3O2S. The summed E-state index contributed by atoms with van der Waals surface area (Å²) in [6, 6.07) is 15.4. The van der Waals surface area contributed by atoms with Gasteiger partial charge in [0.05, 0.1) is 17.0 Å². The van der Waals surface area contributed by atoms with Crippen molar-refractivity contribution in [1.82, 2.24) is 14.9 Å². The van der Waals surface area contributed by atoms with Crippen LogP contribution in [-0.2, 0) is 10.2 Å². The number of benzene rings is 2. The Labute approximate surface area is 204 Å². The van der Waals surface area contributed by atoms with Crippen molar-refractivity contribution in [2.75, 3.05) is 13.1 Å². The first-order chi connectivity index (χ1) is 16.9. The van der Waals surface area contributed by atoms with Crippen molar-refractivity contribution in [3.8, 4) is 10.6 Å². The van der Waals surface area contributed by atoms with E-state index in [0.29, 0.717) is 45.3 Å². The lowest BCUT2D eigenvalue weighted by molar-refractivity contribution is -0.148. The number of pyridine rings is 1. The highest BCUT2D eigenvalue weighted by Gasteiger charge is 2.41. The van der Waals surface area contributed by atoms with Gasteiger partial charge in [-0.3, -0.25) is 9.69 Å². The lowest BCUT2D eigenvalue weighted by Crippen LogP contribution is -2.51. The molecule has 1 unspecified atom stereocenters. The van der Waals surface area contributed by atoms with Gasteiger partial charge in [-0.25, -0.2) is 18.7 Å². The van der Waals surface area contributed by atoms with Crippen LogP contribution in [0.3, 0.4) is 0 Å². The molecule has 2 aromatic carbocycles. The predicted molar refractivity (Wildman–Crippen MR) is 130 cm³/mol. The maximum absolute atomic E-state index is 15.1. The zero-order valence-electron chi connectivity index (χ0n) is 18.8. The van der Waals surface area contributed by atoms with E-state index >= 15 is 4.39 Å². The van der Waals surface area contributed by atoms with E-state index in [0.717, 1.165) is 5.56 Å². The molecule has 1 saturated heterocycles. The fraction of sp³-hybridized carbons (Fsp3) is 0.222. The first-order valence-electron chi connectivity index (χ1n) is 11.4. The van der Waals surface area contributed by atoms with Crippen molar-refractivity contribution < 1.29 is 18.7 Å². The monoisotopic (exact) mass is 489 g/mol. The fourth-order valence-corrected chi connectivity index (χ4v) is 5.66. The molecule has 1 atom stereocenters. The van der Waals surface area contributed by atoms with Gasteiger partial charge in [0.15, 0.2) is 0 Å². The molecular weight excluding hydrogens is 468 g/mol. The number of hydrogen-bond donors (Lipinski definition) is 1. The highest BCUT2D eigenvalue weighted by atomic mass is 32.1. The number of rotatable bonds is 6. The molecule has 35 heavy (non-hydrogen) atoms. The van der Waals surface area contributed by atoms with Crippen LogP contribution in [0.15, 0.2) is 66.7 Å². The van der Waals surface area contributed by atoms with E-state index in [4.69, 9.17) is 10.1 Å². The number of carbonyl (C=O) groups is 1. The van der Waals surface area contributed by atoms with Gasteiger partial charge in [0, 0.05) is 30.3 Å². The number of carboxylic acid groups (broad SMARTS) is 1. The predicted octanol–water partition coefficient (Wildman–Crippen LogP) is 5.57. The molecule has 0 saturated carbocycles. The molecule has 1 aliphatic carbocycles. The Bertz CT molecular complexity index is 1500. The van der Waals surface area contributed by atoms with Crippen LogP contribution in [0.5, 0.6) is 0 Å². The Balaban J connectivity index is 1.27. The second kappa shape index (κ2) is 8.03. The summed E-state index contributed by atoms with van der Waals surface area (Å²) in [5.74, 6) is -1.81. The van der Waals surface area contributed by atoms with Crippen LogP contribution in [-0.4, -0.2) is 39.0 Å². The van der Waals surface area contributed by atoms with Gasteiger partial charge in [-0.15, -0.1) is 0 Å². The summed E-state index contributed by atoms with van der Waals surface area (Å²) >= 11 is 1.30. The number of allylic oxidation sites excluding steroid dienone is 2. The lowest BCUT2D eigenvalue weighted by Gasteiger charge is -2.41. The third-order valence-electron chi connectivity index (χ3n) is 7.01. The average Bonchev–Trinajstić information content (AvgIpc) is 3.50. The molecule has 0 amide bonds. The average molecular weight is 490 g/mol. The van der Waals surface area contributed by atoms with Crippen molar-refractivity contribution in [1.29, 1.82) is 0 Å². The van der Waals surface area contributed by atoms with Gasteiger partial charge in [-0.05, 0) is 42.8 Å². The Morgan fingerprint density at radius 2 is 1.86 bits per heavy atom. The zero-order valence-corrected chi connectivity index (χ0v) is 19.6. The van der Waals surface area contributed by atoms with E-state index in [1.54, 1.807) is 18.2 Å². The third kappa shape index (κ3) is 3.64. The summed E-state index contributed by atoms with van der Waals surface area (Å²) in [5.41, 5.74) is 2.47. The summed E-state index contributed by atoms with van der Waals surface area (Å²) < 4.78 is 29.6. The summed E-state index contributed by atoms with van der Waals surface area (Å²) in [5, 5.41) is 9.62. The molecule has 0 bridgehead atoms. The molecule has 8 heteroatoms. The number of hydrogen-bond acceptors (Lipinski definition) is 5. The topological polar surface area (TPSA) is 66.3 Å².